The molecule has 1 saturated heterocycles. The monoisotopic (exact) mass is 355 g/mol. The van der Waals surface area contributed by atoms with Crippen LogP contribution in [0.2, 0.25) is 5.02 Å². The minimum Gasteiger partial charge on any atom is -0.466 e. The molecule has 0 saturated carbocycles. The summed E-state index contributed by atoms with van der Waals surface area (Å²) in [5.74, 6) is -0.550. The first-order valence-corrected chi connectivity index (χ1v) is 8.28. The van der Waals surface area contributed by atoms with E-state index in [9.17, 15) is 9.59 Å². The van der Waals surface area contributed by atoms with Gasteiger partial charge in [-0.3, -0.25) is 14.5 Å². The van der Waals surface area contributed by atoms with Crippen molar-refractivity contribution in [2.24, 2.45) is 0 Å². The predicted octanol–water partition coefficient (Wildman–Crippen LogP) is 3.49. The first kappa shape index (κ1) is 17.0. The lowest BCUT2D eigenvalue weighted by atomic mass is 10.2. The van der Waals surface area contributed by atoms with Gasteiger partial charge in [-0.15, -0.1) is 0 Å². The molecule has 1 aliphatic rings. The smallest absolute Gasteiger partial charge is 0.307 e. The SMILES string of the molecule is CCOC(=O)CCN1C(=O)C(=Cc2ccccc2Cl)SC1=S. The van der Waals surface area contributed by atoms with E-state index in [1.807, 2.05) is 18.2 Å². The van der Waals surface area contributed by atoms with E-state index in [-0.39, 0.29) is 24.8 Å². The number of nitrogens with zero attached hydrogens (tertiary/aromatic N) is 1. The van der Waals surface area contributed by atoms with E-state index in [1.165, 1.54) is 16.7 Å². The van der Waals surface area contributed by atoms with E-state index in [1.54, 1.807) is 19.1 Å². The maximum absolute atomic E-state index is 12.4. The molecule has 22 heavy (non-hydrogen) atoms. The van der Waals surface area contributed by atoms with Gasteiger partial charge < -0.3 is 4.74 Å². The lowest BCUT2D eigenvalue weighted by molar-refractivity contribution is -0.143. The van der Waals surface area contributed by atoms with E-state index in [4.69, 9.17) is 28.6 Å². The maximum atomic E-state index is 12.4. The molecule has 0 spiro atoms. The Bertz CT molecular complexity index is 645. The minimum atomic E-state index is -0.341. The van der Waals surface area contributed by atoms with E-state index < -0.39 is 0 Å². The van der Waals surface area contributed by atoms with E-state index in [2.05, 4.69) is 0 Å². The van der Waals surface area contributed by atoms with Crippen molar-refractivity contribution in [2.75, 3.05) is 13.2 Å². The van der Waals surface area contributed by atoms with Gasteiger partial charge in [0.1, 0.15) is 4.32 Å². The molecule has 1 aliphatic heterocycles. The fraction of sp³-hybridized carbons (Fsp3) is 0.267. The molecule has 4 nitrogen and oxygen atoms in total. The highest BCUT2D eigenvalue weighted by Crippen LogP contribution is 2.33. The van der Waals surface area contributed by atoms with Gasteiger partial charge in [0, 0.05) is 11.6 Å². The zero-order chi connectivity index (χ0) is 16.1. The Labute approximate surface area is 143 Å². The summed E-state index contributed by atoms with van der Waals surface area (Å²) < 4.78 is 5.29. The first-order valence-electron chi connectivity index (χ1n) is 6.68. The van der Waals surface area contributed by atoms with Gasteiger partial charge in [-0.2, -0.15) is 0 Å². The number of hydrogen-bond acceptors (Lipinski definition) is 5. The second kappa shape index (κ2) is 7.76. The largest absolute Gasteiger partial charge is 0.466 e. The molecule has 0 aromatic heterocycles. The van der Waals surface area contributed by atoms with E-state index in [0.29, 0.717) is 20.9 Å². The number of thioether (sulfide) groups is 1. The molecule has 0 N–H and O–H groups in total. The van der Waals surface area contributed by atoms with Crippen LogP contribution in [0.3, 0.4) is 0 Å². The third-order valence-electron chi connectivity index (χ3n) is 2.91. The van der Waals surface area contributed by atoms with Gasteiger partial charge in [-0.25, -0.2) is 0 Å². The van der Waals surface area contributed by atoms with Gasteiger partial charge in [0.2, 0.25) is 0 Å². The van der Waals surface area contributed by atoms with Gasteiger partial charge in [-0.05, 0) is 24.6 Å². The van der Waals surface area contributed by atoms with Crippen LogP contribution in [0, 0.1) is 0 Å². The Balaban J connectivity index is 2.09. The molecule has 0 radical (unpaired) electrons. The van der Waals surface area contributed by atoms with Crippen molar-refractivity contribution >= 4 is 57.9 Å². The first-order chi connectivity index (χ1) is 10.5. The second-order valence-corrected chi connectivity index (χ2v) is 6.49. The number of hydrogen-bond donors (Lipinski definition) is 0. The number of amides is 1. The molecule has 0 unspecified atom stereocenters. The minimum absolute atomic E-state index is 0.125. The summed E-state index contributed by atoms with van der Waals surface area (Å²) >= 11 is 12.5. The van der Waals surface area contributed by atoms with Crippen molar-refractivity contribution in [3.05, 3.63) is 39.8 Å². The van der Waals surface area contributed by atoms with Gasteiger partial charge in [-0.1, -0.05) is 53.8 Å². The number of benzene rings is 1. The number of ether oxygens (including phenoxy) is 1. The molecule has 1 fully saturated rings. The average Bonchev–Trinajstić information content (AvgIpc) is 2.74. The van der Waals surface area contributed by atoms with Crippen LogP contribution in [0.1, 0.15) is 18.9 Å². The second-order valence-electron chi connectivity index (χ2n) is 4.41. The quantitative estimate of drug-likeness (QED) is 0.459. The zero-order valence-electron chi connectivity index (χ0n) is 11.9. The molecule has 7 heteroatoms. The lowest BCUT2D eigenvalue weighted by Crippen LogP contribution is -2.30. The molecule has 1 aromatic rings. The summed E-state index contributed by atoms with van der Waals surface area (Å²) in [5, 5.41) is 0.569. The Morgan fingerprint density at radius 2 is 2.18 bits per heavy atom. The van der Waals surface area contributed by atoms with Crippen LogP contribution in [0.15, 0.2) is 29.2 Å². The lowest BCUT2D eigenvalue weighted by Gasteiger charge is -2.13. The third-order valence-corrected chi connectivity index (χ3v) is 4.63. The van der Waals surface area contributed by atoms with Crippen LogP contribution in [0.25, 0.3) is 6.08 Å². The highest BCUT2D eigenvalue weighted by atomic mass is 35.5. The molecule has 0 bridgehead atoms. The summed E-state index contributed by atoms with van der Waals surface area (Å²) in [7, 11) is 0. The average molecular weight is 356 g/mol. The number of halogens is 1. The molecule has 1 heterocycles. The third kappa shape index (κ3) is 4.09. The summed E-state index contributed by atoms with van der Waals surface area (Å²) in [6, 6.07) is 7.26. The molecular formula is C15H14ClNO3S2. The normalized spacial score (nSPS) is 16.5. The predicted molar refractivity (Wildman–Crippen MR) is 92.6 cm³/mol. The standard InChI is InChI=1S/C15H14ClNO3S2/c1-2-20-13(18)7-8-17-14(19)12(22-15(17)21)9-10-5-3-4-6-11(10)16/h3-6,9H,2,7-8H2,1H3. The van der Waals surface area contributed by atoms with Crippen LogP contribution in [-0.2, 0) is 14.3 Å². The van der Waals surface area contributed by atoms with Crippen molar-refractivity contribution in [2.45, 2.75) is 13.3 Å². The Kier molecular flexibility index (Phi) is 5.99. The van der Waals surface area contributed by atoms with Gasteiger partial charge in [0.15, 0.2) is 0 Å². The molecule has 0 atom stereocenters. The summed E-state index contributed by atoms with van der Waals surface area (Å²) in [6.45, 7) is 2.29. The highest BCUT2D eigenvalue weighted by molar-refractivity contribution is 8.26. The molecule has 1 amide bonds. The summed E-state index contributed by atoms with van der Waals surface area (Å²) in [5.41, 5.74) is 0.759. The van der Waals surface area contributed by atoms with E-state index in [0.717, 1.165) is 5.56 Å². The van der Waals surface area contributed by atoms with Crippen LogP contribution in [0.5, 0.6) is 0 Å². The summed E-state index contributed by atoms with van der Waals surface area (Å²) in [6.07, 6.45) is 1.84. The Morgan fingerprint density at radius 3 is 2.86 bits per heavy atom. The number of thiocarbonyl (C=S) groups is 1. The van der Waals surface area contributed by atoms with Crippen molar-refractivity contribution < 1.29 is 14.3 Å². The number of rotatable bonds is 5. The van der Waals surface area contributed by atoms with Crippen molar-refractivity contribution in [3.8, 4) is 0 Å². The molecule has 116 valence electrons. The van der Waals surface area contributed by atoms with Crippen molar-refractivity contribution in [3.63, 3.8) is 0 Å². The van der Waals surface area contributed by atoms with Crippen LogP contribution >= 0.6 is 35.6 Å². The van der Waals surface area contributed by atoms with E-state index >= 15 is 0 Å². The molecular weight excluding hydrogens is 342 g/mol. The van der Waals surface area contributed by atoms with Gasteiger partial charge >= 0.3 is 5.97 Å². The van der Waals surface area contributed by atoms with Crippen LogP contribution < -0.4 is 0 Å². The topological polar surface area (TPSA) is 46.6 Å². The van der Waals surface area contributed by atoms with Crippen molar-refractivity contribution in [1.82, 2.24) is 4.90 Å². The number of carbonyl (C=O) groups is 2. The Hall–Kier alpha value is -1.37. The van der Waals surface area contributed by atoms with Gasteiger partial charge in [0.05, 0.1) is 17.9 Å². The highest BCUT2D eigenvalue weighted by Gasteiger charge is 2.32. The zero-order valence-corrected chi connectivity index (χ0v) is 14.3. The summed E-state index contributed by atoms with van der Waals surface area (Å²) in [4.78, 5) is 25.7. The van der Waals surface area contributed by atoms with Crippen molar-refractivity contribution in [1.29, 1.82) is 0 Å². The fourth-order valence-corrected chi connectivity index (χ4v) is 3.35. The van der Waals surface area contributed by atoms with Crippen LogP contribution in [0.4, 0.5) is 0 Å². The molecule has 2 rings (SSSR count). The van der Waals surface area contributed by atoms with Gasteiger partial charge in [0.25, 0.3) is 5.91 Å². The fourth-order valence-electron chi connectivity index (χ4n) is 1.86. The van der Waals surface area contributed by atoms with Crippen LogP contribution in [-0.4, -0.2) is 34.2 Å². The number of esters is 1. The maximum Gasteiger partial charge on any atom is 0.307 e. The molecule has 1 aromatic carbocycles. The molecule has 0 aliphatic carbocycles. The Morgan fingerprint density at radius 1 is 1.45 bits per heavy atom. The number of carbonyl (C=O) groups excluding carboxylic acids is 2.